The number of carbonyl (C=O) groups excluding carboxylic acids is 1. The van der Waals surface area contributed by atoms with E-state index in [0.717, 1.165) is 0 Å². The summed E-state index contributed by atoms with van der Waals surface area (Å²) in [6.45, 7) is 3.33. The standard InChI is InChI=1S/C9H17NO4/c1-5-8(3-11)14-4-7(9(5)13)10-6(2)12/h5,7-9,11,13H,3-4H2,1-2H3,(H,10,12)/t5-,7?,8?,9?/m1/s1. The van der Waals surface area contributed by atoms with Crippen LogP contribution >= 0.6 is 0 Å². The molecule has 0 spiro atoms. The minimum Gasteiger partial charge on any atom is -0.394 e. The first-order valence-electron chi connectivity index (χ1n) is 4.74. The Labute approximate surface area is 83.1 Å². The second kappa shape index (κ2) is 4.72. The molecule has 5 nitrogen and oxygen atoms in total. The predicted octanol–water partition coefficient (Wildman–Crippen LogP) is -1.12. The quantitative estimate of drug-likeness (QED) is 0.531. The van der Waals surface area contributed by atoms with Gasteiger partial charge in [-0.3, -0.25) is 4.79 Å². The molecule has 3 N–H and O–H groups in total. The highest BCUT2D eigenvalue weighted by Gasteiger charge is 2.36. The maximum absolute atomic E-state index is 10.8. The molecule has 1 fully saturated rings. The molecule has 14 heavy (non-hydrogen) atoms. The Morgan fingerprint density at radius 3 is 2.79 bits per heavy atom. The summed E-state index contributed by atoms with van der Waals surface area (Å²) >= 11 is 0. The van der Waals surface area contributed by atoms with E-state index in [-0.39, 0.29) is 37.2 Å². The SMILES string of the molecule is CC(=O)NC1COC(CO)[C@@H](C)C1O. The predicted molar refractivity (Wildman–Crippen MR) is 49.6 cm³/mol. The lowest BCUT2D eigenvalue weighted by Gasteiger charge is -2.38. The number of amides is 1. The normalized spacial score (nSPS) is 38.0. The summed E-state index contributed by atoms with van der Waals surface area (Å²) in [5.74, 6) is -0.363. The van der Waals surface area contributed by atoms with Gasteiger partial charge in [-0.2, -0.15) is 0 Å². The van der Waals surface area contributed by atoms with Gasteiger partial charge in [-0.15, -0.1) is 0 Å². The molecule has 1 aliphatic rings. The van der Waals surface area contributed by atoms with E-state index >= 15 is 0 Å². The Hall–Kier alpha value is -0.650. The molecule has 1 aliphatic heterocycles. The zero-order valence-electron chi connectivity index (χ0n) is 8.43. The van der Waals surface area contributed by atoms with Crippen LogP contribution < -0.4 is 5.32 Å². The van der Waals surface area contributed by atoms with Gasteiger partial charge in [0.25, 0.3) is 0 Å². The number of aliphatic hydroxyl groups excluding tert-OH is 2. The Kier molecular flexibility index (Phi) is 3.86. The number of ether oxygens (including phenoxy) is 1. The van der Waals surface area contributed by atoms with Crippen molar-refractivity contribution in [2.24, 2.45) is 5.92 Å². The van der Waals surface area contributed by atoms with Crippen molar-refractivity contribution in [1.82, 2.24) is 5.32 Å². The van der Waals surface area contributed by atoms with Crippen LogP contribution in [0.4, 0.5) is 0 Å². The van der Waals surface area contributed by atoms with Crippen LogP contribution in [0.1, 0.15) is 13.8 Å². The third kappa shape index (κ3) is 2.43. The molecule has 5 heteroatoms. The lowest BCUT2D eigenvalue weighted by atomic mass is 9.90. The van der Waals surface area contributed by atoms with Gasteiger partial charge in [0.15, 0.2) is 0 Å². The van der Waals surface area contributed by atoms with E-state index in [1.807, 2.05) is 0 Å². The van der Waals surface area contributed by atoms with E-state index in [0.29, 0.717) is 0 Å². The average Bonchev–Trinajstić information content (AvgIpc) is 2.13. The molecule has 1 amide bonds. The fourth-order valence-electron chi connectivity index (χ4n) is 1.67. The smallest absolute Gasteiger partial charge is 0.217 e. The van der Waals surface area contributed by atoms with Crippen molar-refractivity contribution in [3.8, 4) is 0 Å². The molecule has 0 radical (unpaired) electrons. The molecule has 0 aromatic rings. The van der Waals surface area contributed by atoms with Crippen molar-refractivity contribution in [2.45, 2.75) is 32.1 Å². The zero-order chi connectivity index (χ0) is 10.7. The van der Waals surface area contributed by atoms with Crippen LogP contribution in [0.5, 0.6) is 0 Å². The van der Waals surface area contributed by atoms with Gasteiger partial charge in [0.05, 0.1) is 31.5 Å². The van der Waals surface area contributed by atoms with Gasteiger partial charge in [0.2, 0.25) is 5.91 Å². The van der Waals surface area contributed by atoms with Crippen molar-refractivity contribution in [1.29, 1.82) is 0 Å². The molecule has 0 saturated carbocycles. The van der Waals surface area contributed by atoms with Crippen molar-refractivity contribution in [3.63, 3.8) is 0 Å². The van der Waals surface area contributed by atoms with Gasteiger partial charge < -0.3 is 20.3 Å². The summed E-state index contributed by atoms with van der Waals surface area (Å²) in [5.41, 5.74) is 0. The van der Waals surface area contributed by atoms with E-state index in [4.69, 9.17) is 9.84 Å². The second-order valence-electron chi connectivity index (χ2n) is 3.71. The maximum atomic E-state index is 10.8. The lowest BCUT2D eigenvalue weighted by Crippen LogP contribution is -2.56. The minimum atomic E-state index is -0.662. The number of aliphatic hydroxyl groups is 2. The molecular weight excluding hydrogens is 186 g/mol. The lowest BCUT2D eigenvalue weighted by molar-refractivity contribution is -0.135. The van der Waals surface area contributed by atoms with E-state index in [2.05, 4.69) is 5.32 Å². The molecule has 0 bridgehead atoms. The number of rotatable bonds is 2. The molecular formula is C9H17NO4. The zero-order valence-corrected chi connectivity index (χ0v) is 8.43. The molecule has 1 rings (SSSR count). The van der Waals surface area contributed by atoms with Crippen LogP contribution in [0.25, 0.3) is 0 Å². The van der Waals surface area contributed by atoms with Gasteiger partial charge in [-0.05, 0) is 0 Å². The van der Waals surface area contributed by atoms with E-state index in [1.54, 1.807) is 6.92 Å². The highest BCUT2D eigenvalue weighted by atomic mass is 16.5. The summed E-state index contributed by atoms with van der Waals surface area (Å²) in [6, 6.07) is -0.370. The van der Waals surface area contributed by atoms with Crippen molar-refractivity contribution < 1.29 is 19.7 Å². The van der Waals surface area contributed by atoms with Crippen LogP contribution in [-0.2, 0) is 9.53 Å². The first-order chi connectivity index (χ1) is 6.56. The van der Waals surface area contributed by atoms with Crippen LogP contribution in [-0.4, -0.2) is 47.6 Å². The summed E-state index contributed by atoms with van der Waals surface area (Å²) < 4.78 is 5.30. The van der Waals surface area contributed by atoms with Gasteiger partial charge >= 0.3 is 0 Å². The fourth-order valence-corrected chi connectivity index (χ4v) is 1.67. The van der Waals surface area contributed by atoms with Crippen LogP contribution in [0.3, 0.4) is 0 Å². The molecule has 82 valence electrons. The largest absolute Gasteiger partial charge is 0.394 e. The van der Waals surface area contributed by atoms with Crippen LogP contribution in [0, 0.1) is 5.92 Å². The monoisotopic (exact) mass is 203 g/mol. The van der Waals surface area contributed by atoms with Crippen molar-refractivity contribution in [3.05, 3.63) is 0 Å². The van der Waals surface area contributed by atoms with Crippen molar-refractivity contribution >= 4 is 5.91 Å². The molecule has 1 saturated heterocycles. The maximum Gasteiger partial charge on any atom is 0.217 e. The van der Waals surface area contributed by atoms with Gasteiger partial charge in [0.1, 0.15) is 0 Å². The van der Waals surface area contributed by atoms with E-state index < -0.39 is 6.10 Å². The van der Waals surface area contributed by atoms with Gasteiger partial charge in [-0.25, -0.2) is 0 Å². The minimum absolute atomic E-state index is 0.106. The van der Waals surface area contributed by atoms with Crippen molar-refractivity contribution in [2.75, 3.05) is 13.2 Å². The fraction of sp³-hybridized carbons (Fsp3) is 0.889. The second-order valence-corrected chi connectivity index (χ2v) is 3.71. The number of carbonyl (C=O) groups is 1. The molecule has 0 aliphatic carbocycles. The molecule has 1 heterocycles. The molecule has 0 aromatic heterocycles. The van der Waals surface area contributed by atoms with Gasteiger partial charge in [0, 0.05) is 12.8 Å². The highest BCUT2D eigenvalue weighted by Crippen LogP contribution is 2.20. The average molecular weight is 203 g/mol. The Bertz CT molecular complexity index is 209. The molecule has 3 unspecified atom stereocenters. The van der Waals surface area contributed by atoms with Crippen LogP contribution in [0.2, 0.25) is 0 Å². The summed E-state index contributed by atoms with van der Waals surface area (Å²) in [5, 5.41) is 21.3. The van der Waals surface area contributed by atoms with E-state index in [9.17, 15) is 9.90 Å². The molecule has 0 aromatic carbocycles. The Morgan fingerprint density at radius 2 is 2.29 bits per heavy atom. The number of hydrogen-bond acceptors (Lipinski definition) is 4. The summed E-state index contributed by atoms with van der Waals surface area (Å²) in [6.07, 6.45) is -1.00. The number of nitrogens with one attached hydrogen (secondary N) is 1. The first kappa shape index (κ1) is 11.4. The molecule has 4 atom stereocenters. The summed E-state index contributed by atoms with van der Waals surface area (Å²) in [7, 11) is 0. The van der Waals surface area contributed by atoms with Crippen LogP contribution in [0.15, 0.2) is 0 Å². The van der Waals surface area contributed by atoms with E-state index in [1.165, 1.54) is 6.92 Å². The third-order valence-electron chi connectivity index (χ3n) is 2.60. The Balaban J connectivity index is 2.54. The topological polar surface area (TPSA) is 78.8 Å². The number of hydrogen-bond donors (Lipinski definition) is 3. The van der Waals surface area contributed by atoms with Gasteiger partial charge in [-0.1, -0.05) is 6.92 Å². The summed E-state index contributed by atoms with van der Waals surface area (Å²) in [4.78, 5) is 10.8. The highest BCUT2D eigenvalue weighted by molar-refractivity contribution is 5.73. The Morgan fingerprint density at radius 1 is 1.64 bits per heavy atom. The third-order valence-corrected chi connectivity index (χ3v) is 2.60. The first-order valence-corrected chi connectivity index (χ1v) is 4.74.